The van der Waals surface area contributed by atoms with Crippen molar-refractivity contribution in [1.82, 2.24) is 14.8 Å². The SMILES string of the molecule is Cn1cc(Cl)c2cc(-c3cn[nH]c3N)ccc21. The number of aromatic nitrogens is 3. The van der Waals surface area contributed by atoms with Crippen molar-refractivity contribution in [3.8, 4) is 11.1 Å². The van der Waals surface area contributed by atoms with Gasteiger partial charge in [-0.2, -0.15) is 5.10 Å². The summed E-state index contributed by atoms with van der Waals surface area (Å²) in [6.45, 7) is 0. The van der Waals surface area contributed by atoms with Gasteiger partial charge in [0.1, 0.15) is 5.82 Å². The molecule has 17 heavy (non-hydrogen) atoms. The van der Waals surface area contributed by atoms with Crippen molar-refractivity contribution >= 4 is 28.3 Å². The molecule has 0 atom stereocenters. The molecule has 5 heteroatoms. The first-order chi connectivity index (χ1) is 8.16. The third-order valence-electron chi connectivity index (χ3n) is 2.92. The zero-order valence-corrected chi connectivity index (χ0v) is 9.99. The molecule has 0 radical (unpaired) electrons. The monoisotopic (exact) mass is 246 g/mol. The molecule has 3 N–H and O–H groups in total. The Morgan fingerprint density at radius 2 is 2.24 bits per heavy atom. The van der Waals surface area contributed by atoms with Crippen molar-refractivity contribution in [3.63, 3.8) is 0 Å². The topological polar surface area (TPSA) is 59.6 Å². The average Bonchev–Trinajstić information content (AvgIpc) is 2.84. The van der Waals surface area contributed by atoms with Gasteiger partial charge in [-0.25, -0.2) is 0 Å². The van der Waals surface area contributed by atoms with Crippen LogP contribution in [0.15, 0.2) is 30.6 Å². The number of benzene rings is 1. The molecule has 0 saturated carbocycles. The lowest BCUT2D eigenvalue weighted by atomic mass is 10.1. The maximum Gasteiger partial charge on any atom is 0.126 e. The quantitative estimate of drug-likeness (QED) is 0.694. The molecule has 0 amide bonds. The van der Waals surface area contributed by atoms with Crippen LogP contribution in [0.3, 0.4) is 0 Å². The van der Waals surface area contributed by atoms with E-state index in [0.29, 0.717) is 5.82 Å². The summed E-state index contributed by atoms with van der Waals surface area (Å²) in [5.74, 6) is 0.566. The summed E-state index contributed by atoms with van der Waals surface area (Å²) in [5, 5.41) is 8.40. The third kappa shape index (κ3) is 1.49. The number of halogens is 1. The molecule has 3 aromatic rings. The molecule has 4 nitrogen and oxygen atoms in total. The van der Waals surface area contributed by atoms with Crippen LogP contribution in [-0.2, 0) is 7.05 Å². The molecule has 0 bridgehead atoms. The molecule has 0 aliphatic carbocycles. The molecule has 0 fully saturated rings. The Kier molecular flexibility index (Phi) is 2.12. The number of aromatic amines is 1. The first-order valence-corrected chi connectivity index (χ1v) is 5.58. The van der Waals surface area contributed by atoms with Gasteiger partial charge in [0, 0.05) is 29.7 Å². The van der Waals surface area contributed by atoms with Crippen LogP contribution in [0.2, 0.25) is 5.02 Å². The van der Waals surface area contributed by atoms with Crippen LogP contribution in [-0.4, -0.2) is 14.8 Å². The molecule has 2 aromatic heterocycles. The van der Waals surface area contributed by atoms with E-state index in [0.717, 1.165) is 27.1 Å². The van der Waals surface area contributed by atoms with Gasteiger partial charge in [-0.15, -0.1) is 0 Å². The molecule has 2 heterocycles. The predicted octanol–water partition coefficient (Wildman–Crippen LogP) is 2.80. The van der Waals surface area contributed by atoms with E-state index in [-0.39, 0.29) is 0 Å². The van der Waals surface area contributed by atoms with Crippen LogP contribution in [0.25, 0.3) is 22.0 Å². The zero-order chi connectivity index (χ0) is 12.0. The summed E-state index contributed by atoms with van der Waals surface area (Å²) >= 11 is 6.18. The van der Waals surface area contributed by atoms with Gasteiger partial charge in [-0.3, -0.25) is 5.10 Å². The minimum atomic E-state index is 0.566. The Morgan fingerprint density at radius 3 is 2.94 bits per heavy atom. The Hall–Kier alpha value is -1.94. The number of hydrogen-bond acceptors (Lipinski definition) is 2. The van der Waals surface area contributed by atoms with Gasteiger partial charge in [-0.1, -0.05) is 17.7 Å². The number of anilines is 1. The highest BCUT2D eigenvalue weighted by atomic mass is 35.5. The van der Waals surface area contributed by atoms with Gasteiger partial charge in [0.2, 0.25) is 0 Å². The second-order valence-corrected chi connectivity index (χ2v) is 4.42. The summed E-state index contributed by atoms with van der Waals surface area (Å²) in [6, 6.07) is 6.07. The Bertz CT molecular complexity index is 696. The van der Waals surface area contributed by atoms with Crippen molar-refractivity contribution in [1.29, 1.82) is 0 Å². The van der Waals surface area contributed by atoms with Gasteiger partial charge in [0.05, 0.1) is 11.2 Å². The van der Waals surface area contributed by atoms with E-state index in [1.54, 1.807) is 6.20 Å². The fourth-order valence-electron chi connectivity index (χ4n) is 2.04. The summed E-state index contributed by atoms with van der Waals surface area (Å²) in [6.07, 6.45) is 3.61. The molecule has 1 aromatic carbocycles. The number of rotatable bonds is 1. The summed E-state index contributed by atoms with van der Waals surface area (Å²) in [4.78, 5) is 0. The van der Waals surface area contributed by atoms with Crippen LogP contribution in [0.4, 0.5) is 5.82 Å². The number of nitrogens with one attached hydrogen (secondary N) is 1. The summed E-state index contributed by atoms with van der Waals surface area (Å²) in [5.41, 5.74) is 8.81. The number of hydrogen-bond donors (Lipinski definition) is 2. The Morgan fingerprint density at radius 1 is 1.41 bits per heavy atom. The van der Waals surface area contributed by atoms with E-state index in [2.05, 4.69) is 10.2 Å². The molecule has 0 aliphatic rings. The number of nitrogens with zero attached hydrogens (tertiary/aromatic N) is 2. The van der Waals surface area contributed by atoms with Crippen LogP contribution in [0, 0.1) is 0 Å². The Balaban J connectivity index is 2.27. The second-order valence-electron chi connectivity index (χ2n) is 4.02. The van der Waals surface area contributed by atoms with E-state index >= 15 is 0 Å². The largest absolute Gasteiger partial charge is 0.384 e. The average molecular weight is 247 g/mol. The lowest BCUT2D eigenvalue weighted by molar-refractivity contribution is 0.969. The molecule has 0 spiro atoms. The minimum absolute atomic E-state index is 0.566. The molecule has 0 saturated heterocycles. The molecular formula is C12H11ClN4. The van der Waals surface area contributed by atoms with Crippen LogP contribution in [0.5, 0.6) is 0 Å². The number of nitrogen functional groups attached to an aromatic ring is 1. The van der Waals surface area contributed by atoms with Gasteiger partial charge >= 0.3 is 0 Å². The van der Waals surface area contributed by atoms with Gasteiger partial charge in [-0.05, 0) is 17.7 Å². The highest BCUT2D eigenvalue weighted by Gasteiger charge is 2.09. The number of aryl methyl sites for hydroxylation is 1. The smallest absolute Gasteiger partial charge is 0.126 e. The van der Waals surface area contributed by atoms with E-state index in [1.165, 1.54) is 0 Å². The predicted molar refractivity (Wildman–Crippen MR) is 69.9 cm³/mol. The summed E-state index contributed by atoms with van der Waals surface area (Å²) < 4.78 is 2.00. The first kappa shape index (κ1) is 10.2. The Labute approximate surface area is 103 Å². The second kappa shape index (κ2) is 3.53. The fraction of sp³-hybridized carbons (Fsp3) is 0.0833. The van der Waals surface area contributed by atoms with Crippen molar-refractivity contribution in [2.24, 2.45) is 7.05 Å². The fourth-order valence-corrected chi connectivity index (χ4v) is 2.34. The summed E-state index contributed by atoms with van der Waals surface area (Å²) in [7, 11) is 1.97. The molecular weight excluding hydrogens is 236 g/mol. The van der Waals surface area contributed by atoms with Crippen molar-refractivity contribution in [2.45, 2.75) is 0 Å². The highest BCUT2D eigenvalue weighted by Crippen LogP contribution is 2.31. The van der Waals surface area contributed by atoms with E-state index < -0.39 is 0 Å². The van der Waals surface area contributed by atoms with Crippen molar-refractivity contribution in [3.05, 3.63) is 35.6 Å². The minimum Gasteiger partial charge on any atom is -0.384 e. The van der Waals surface area contributed by atoms with Crippen LogP contribution >= 0.6 is 11.6 Å². The lowest BCUT2D eigenvalue weighted by Gasteiger charge is -2.01. The maximum absolute atomic E-state index is 6.18. The molecule has 3 rings (SSSR count). The van der Waals surface area contributed by atoms with E-state index in [4.69, 9.17) is 17.3 Å². The van der Waals surface area contributed by atoms with Crippen LogP contribution in [0.1, 0.15) is 0 Å². The number of H-pyrrole nitrogens is 1. The molecule has 0 aliphatic heterocycles. The van der Waals surface area contributed by atoms with Gasteiger partial charge < -0.3 is 10.3 Å². The number of fused-ring (bicyclic) bond motifs is 1. The first-order valence-electron chi connectivity index (χ1n) is 5.20. The lowest BCUT2D eigenvalue weighted by Crippen LogP contribution is -1.88. The highest BCUT2D eigenvalue weighted by molar-refractivity contribution is 6.35. The van der Waals surface area contributed by atoms with Crippen molar-refractivity contribution < 1.29 is 0 Å². The van der Waals surface area contributed by atoms with E-state index in [9.17, 15) is 0 Å². The van der Waals surface area contributed by atoms with E-state index in [1.807, 2.05) is 36.0 Å². The normalized spacial score (nSPS) is 11.2. The third-order valence-corrected chi connectivity index (χ3v) is 3.22. The van der Waals surface area contributed by atoms with Gasteiger partial charge in [0.25, 0.3) is 0 Å². The zero-order valence-electron chi connectivity index (χ0n) is 9.24. The van der Waals surface area contributed by atoms with Crippen molar-refractivity contribution in [2.75, 3.05) is 5.73 Å². The van der Waals surface area contributed by atoms with Gasteiger partial charge in [0.15, 0.2) is 0 Å². The standard InChI is InChI=1S/C12H11ClN4/c1-17-6-10(13)8-4-7(2-3-11(8)17)9-5-15-16-12(9)14/h2-6H,1H3,(H3,14,15,16). The maximum atomic E-state index is 6.18. The molecule has 0 unspecified atom stereocenters. The van der Waals surface area contributed by atoms with Crippen LogP contribution < -0.4 is 5.73 Å². The number of nitrogens with two attached hydrogens (primary N) is 1. The molecule has 86 valence electrons.